The van der Waals surface area contributed by atoms with Gasteiger partial charge in [-0.25, -0.2) is 4.98 Å². The number of hydrogen-bond donors (Lipinski definition) is 1. The van der Waals surface area contributed by atoms with E-state index in [1.165, 1.54) is 0 Å². The van der Waals surface area contributed by atoms with Gasteiger partial charge in [0.25, 0.3) is 0 Å². The molecule has 0 aliphatic rings. The number of hydrogen-bond acceptors (Lipinski definition) is 3. The normalized spacial score (nSPS) is 12.2. The van der Waals surface area contributed by atoms with Crippen LogP contribution >= 0.6 is 15.9 Å². The van der Waals surface area contributed by atoms with Crippen molar-refractivity contribution in [3.05, 3.63) is 58.2 Å². The molecule has 1 aromatic heterocycles. The molecule has 0 radical (unpaired) electrons. The second kappa shape index (κ2) is 5.98. The van der Waals surface area contributed by atoms with Gasteiger partial charge in [0.15, 0.2) is 0 Å². The van der Waals surface area contributed by atoms with Gasteiger partial charge in [-0.2, -0.15) is 0 Å². The van der Waals surface area contributed by atoms with E-state index in [-0.39, 0.29) is 6.04 Å². The first-order valence-electron chi connectivity index (χ1n) is 5.75. The lowest BCUT2D eigenvalue weighted by atomic mass is 10.1. The van der Waals surface area contributed by atoms with E-state index in [4.69, 9.17) is 10.5 Å². The van der Waals surface area contributed by atoms with Gasteiger partial charge in [-0.1, -0.05) is 40.2 Å². The summed E-state index contributed by atoms with van der Waals surface area (Å²) in [7, 11) is 0. The highest BCUT2D eigenvalue weighted by molar-refractivity contribution is 9.10. The van der Waals surface area contributed by atoms with Gasteiger partial charge in [0.2, 0.25) is 5.88 Å². The zero-order chi connectivity index (χ0) is 13.0. The van der Waals surface area contributed by atoms with Crippen molar-refractivity contribution in [1.82, 2.24) is 4.98 Å². The van der Waals surface area contributed by atoms with Gasteiger partial charge in [0, 0.05) is 27.8 Å². The Kier molecular flexibility index (Phi) is 4.33. The highest BCUT2D eigenvalue weighted by atomic mass is 79.9. The first-order valence-corrected chi connectivity index (χ1v) is 6.54. The highest BCUT2D eigenvalue weighted by Crippen LogP contribution is 2.23. The molecule has 94 valence electrons. The molecule has 3 nitrogen and oxygen atoms in total. The maximum Gasteiger partial charge on any atom is 0.218 e. The highest BCUT2D eigenvalue weighted by Gasteiger charge is 2.09. The largest absolute Gasteiger partial charge is 0.473 e. The van der Waals surface area contributed by atoms with Gasteiger partial charge in [-0.05, 0) is 19.1 Å². The summed E-state index contributed by atoms with van der Waals surface area (Å²) in [6.07, 6.45) is 1.71. The third kappa shape index (κ3) is 3.09. The molecule has 0 aliphatic heterocycles. The topological polar surface area (TPSA) is 48.1 Å². The maximum atomic E-state index is 5.88. The number of ether oxygens (including phenoxy) is 1. The van der Waals surface area contributed by atoms with Crippen LogP contribution in [-0.2, 0) is 6.61 Å². The molecule has 1 aromatic carbocycles. The van der Waals surface area contributed by atoms with Crippen molar-refractivity contribution < 1.29 is 4.74 Å². The van der Waals surface area contributed by atoms with Crippen molar-refractivity contribution in [3.8, 4) is 5.88 Å². The van der Waals surface area contributed by atoms with Crippen molar-refractivity contribution >= 4 is 15.9 Å². The van der Waals surface area contributed by atoms with Gasteiger partial charge < -0.3 is 10.5 Å². The summed E-state index contributed by atoms with van der Waals surface area (Å²) in [6.45, 7) is 2.39. The second-order valence-electron chi connectivity index (χ2n) is 4.07. The van der Waals surface area contributed by atoms with E-state index in [0.29, 0.717) is 12.5 Å². The van der Waals surface area contributed by atoms with Crippen LogP contribution in [0.1, 0.15) is 24.1 Å². The fourth-order valence-electron chi connectivity index (χ4n) is 1.63. The van der Waals surface area contributed by atoms with E-state index in [9.17, 15) is 0 Å². The standard InChI is InChI=1S/C14H15BrN2O/c1-10(16)12-6-4-8-17-14(12)18-9-11-5-2-3-7-13(11)15/h2-8,10H,9,16H2,1H3. The minimum Gasteiger partial charge on any atom is -0.473 e. The number of halogens is 1. The smallest absolute Gasteiger partial charge is 0.218 e. The van der Waals surface area contributed by atoms with E-state index in [2.05, 4.69) is 20.9 Å². The lowest BCUT2D eigenvalue weighted by Gasteiger charge is -2.13. The SMILES string of the molecule is CC(N)c1cccnc1OCc1ccccc1Br. The Morgan fingerprint density at radius 1 is 1.28 bits per heavy atom. The summed E-state index contributed by atoms with van der Waals surface area (Å²) < 4.78 is 6.78. The predicted octanol–water partition coefficient (Wildman–Crippen LogP) is 3.44. The monoisotopic (exact) mass is 306 g/mol. The number of benzene rings is 1. The Hall–Kier alpha value is -1.39. The summed E-state index contributed by atoms with van der Waals surface area (Å²) in [4.78, 5) is 4.23. The van der Waals surface area contributed by atoms with Crippen LogP contribution in [0.25, 0.3) is 0 Å². The first kappa shape index (κ1) is 13.1. The third-order valence-corrected chi connectivity index (χ3v) is 3.39. The number of rotatable bonds is 4. The molecule has 0 spiro atoms. The minimum absolute atomic E-state index is 0.0899. The Morgan fingerprint density at radius 2 is 2.06 bits per heavy atom. The lowest BCUT2D eigenvalue weighted by molar-refractivity contribution is 0.288. The Balaban J connectivity index is 2.14. The summed E-state index contributed by atoms with van der Waals surface area (Å²) in [6, 6.07) is 11.7. The van der Waals surface area contributed by atoms with Crippen LogP contribution in [0, 0.1) is 0 Å². The van der Waals surface area contributed by atoms with E-state index in [1.54, 1.807) is 6.20 Å². The average molecular weight is 307 g/mol. The van der Waals surface area contributed by atoms with Crippen LogP contribution in [-0.4, -0.2) is 4.98 Å². The van der Waals surface area contributed by atoms with Crippen molar-refractivity contribution in [2.45, 2.75) is 19.6 Å². The van der Waals surface area contributed by atoms with Crippen LogP contribution in [0.2, 0.25) is 0 Å². The van der Waals surface area contributed by atoms with E-state index >= 15 is 0 Å². The zero-order valence-corrected chi connectivity index (χ0v) is 11.7. The van der Waals surface area contributed by atoms with Crippen LogP contribution in [0.4, 0.5) is 0 Å². The molecule has 2 N–H and O–H groups in total. The molecule has 0 aliphatic carbocycles. The molecular weight excluding hydrogens is 292 g/mol. The molecule has 0 amide bonds. The molecule has 1 atom stereocenters. The van der Waals surface area contributed by atoms with Crippen LogP contribution < -0.4 is 10.5 Å². The van der Waals surface area contributed by atoms with Crippen molar-refractivity contribution in [2.75, 3.05) is 0 Å². The molecule has 2 aromatic rings. The van der Waals surface area contributed by atoms with Gasteiger partial charge in [0.1, 0.15) is 6.61 Å². The lowest BCUT2D eigenvalue weighted by Crippen LogP contribution is -2.09. The fraction of sp³-hybridized carbons (Fsp3) is 0.214. The van der Waals surface area contributed by atoms with Gasteiger partial charge >= 0.3 is 0 Å². The van der Waals surface area contributed by atoms with Crippen molar-refractivity contribution in [1.29, 1.82) is 0 Å². The third-order valence-electron chi connectivity index (χ3n) is 2.61. The number of aromatic nitrogens is 1. The maximum absolute atomic E-state index is 5.88. The molecule has 1 heterocycles. The first-order chi connectivity index (χ1) is 8.68. The summed E-state index contributed by atoms with van der Waals surface area (Å²) in [5.41, 5.74) is 7.89. The minimum atomic E-state index is -0.0899. The van der Waals surface area contributed by atoms with Crippen molar-refractivity contribution in [3.63, 3.8) is 0 Å². The molecule has 0 fully saturated rings. The van der Waals surface area contributed by atoms with E-state index < -0.39 is 0 Å². The van der Waals surface area contributed by atoms with Crippen LogP contribution in [0.5, 0.6) is 5.88 Å². The molecule has 0 bridgehead atoms. The zero-order valence-electron chi connectivity index (χ0n) is 10.1. The van der Waals surface area contributed by atoms with E-state index in [1.807, 2.05) is 43.3 Å². The van der Waals surface area contributed by atoms with Gasteiger partial charge in [-0.3, -0.25) is 0 Å². The summed E-state index contributed by atoms with van der Waals surface area (Å²) >= 11 is 3.49. The summed E-state index contributed by atoms with van der Waals surface area (Å²) in [5.74, 6) is 0.600. The second-order valence-corrected chi connectivity index (χ2v) is 4.92. The molecule has 2 rings (SSSR count). The Morgan fingerprint density at radius 3 is 2.78 bits per heavy atom. The molecule has 1 unspecified atom stereocenters. The Bertz CT molecular complexity index is 529. The predicted molar refractivity (Wildman–Crippen MR) is 75.3 cm³/mol. The van der Waals surface area contributed by atoms with Crippen LogP contribution in [0.15, 0.2) is 47.1 Å². The van der Waals surface area contributed by atoms with Crippen LogP contribution in [0.3, 0.4) is 0 Å². The van der Waals surface area contributed by atoms with Crippen molar-refractivity contribution in [2.24, 2.45) is 5.73 Å². The Labute approximate surface area is 115 Å². The number of nitrogens with zero attached hydrogens (tertiary/aromatic N) is 1. The number of pyridine rings is 1. The molecule has 18 heavy (non-hydrogen) atoms. The fourth-order valence-corrected chi connectivity index (χ4v) is 2.03. The van der Waals surface area contributed by atoms with Gasteiger partial charge in [-0.15, -0.1) is 0 Å². The molecule has 0 saturated heterocycles. The van der Waals surface area contributed by atoms with Gasteiger partial charge in [0.05, 0.1) is 0 Å². The summed E-state index contributed by atoms with van der Waals surface area (Å²) in [5, 5.41) is 0. The molecule has 0 saturated carbocycles. The average Bonchev–Trinajstić information content (AvgIpc) is 2.38. The van der Waals surface area contributed by atoms with E-state index in [0.717, 1.165) is 15.6 Å². The quantitative estimate of drug-likeness (QED) is 0.941. The molecule has 4 heteroatoms. The number of nitrogens with two attached hydrogens (primary N) is 1. The molecular formula is C14H15BrN2O.